The maximum Gasteiger partial charge on any atom is 0.224 e. The number of amides is 1. The van der Waals surface area contributed by atoms with Crippen LogP contribution in [0.4, 0.5) is 10.1 Å². The molecule has 1 aromatic carbocycles. The second-order valence-corrected chi connectivity index (χ2v) is 5.86. The average molecular weight is 307 g/mol. The molecule has 1 rings (SSSR count). The van der Waals surface area contributed by atoms with Crippen molar-refractivity contribution in [1.29, 1.82) is 0 Å². The molecule has 0 spiro atoms. The molecule has 1 aromatic rings. The minimum Gasteiger partial charge on any atom is -0.324 e. The number of Topliss-reactive ketones (excluding diaryl/α,β-unsaturated/α-hetero) is 1. The lowest BCUT2D eigenvalue weighted by Gasteiger charge is -2.09. The zero-order valence-electron chi connectivity index (χ0n) is 13.7. The summed E-state index contributed by atoms with van der Waals surface area (Å²) < 4.78 is 14.2. The van der Waals surface area contributed by atoms with Gasteiger partial charge in [-0.1, -0.05) is 39.3 Å². The van der Waals surface area contributed by atoms with Crippen LogP contribution in [0.1, 0.15) is 58.4 Å². The zero-order valence-corrected chi connectivity index (χ0v) is 13.7. The summed E-state index contributed by atoms with van der Waals surface area (Å²) in [6, 6.07) is 5.08. The molecule has 0 aliphatic rings. The molecule has 0 fully saturated rings. The van der Waals surface area contributed by atoms with Crippen LogP contribution in [-0.2, 0) is 16.0 Å². The summed E-state index contributed by atoms with van der Waals surface area (Å²) in [4.78, 5) is 22.9. The topological polar surface area (TPSA) is 46.2 Å². The van der Waals surface area contributed by atoms with E-state index in [1.807, 2.05) is 13.8 Å². The summed E-state index contributed by atoms with van der Waals surface area (Å²) in [5, 5.41) is 2.57. The van der Waals surface area contributed by atoms with Gasteiger partial charge >= 0.3 is 0 Å². The molecule has 0 heterocycles. The van der Waals surface area contributed by atoms with Gasteiger partial charge in [0.25, 0.3) is 0 Å². The summed E-state index contributed by atoms with van der Waals surface area (Å²) in [6.45, 7) is 5.55. The fraction of sp³-hybridized carbons (Fsp3) is 0.556. The lowest BCUT2D eigenvalue weighted by Crippen LogP contribution is -2.11. The van der Waals surface area contributed by atoms with Gasteiger partial charge in [-0.2, -0.15) is 0 Å². The highest BCUT2D eigenvalue weighted by atomic mass is 19.1. The van der Waals surface area contributed by atoms with Crippen LogP contribution < -0.4 is 5.32 Å². The van der Waals surface area contributed by atoms with Gasteiger partial charge < -0.3 is 5.32 Å². The molecule has 0 saturated heterocycles. The number of rotatable bonds is 9. The second-order valence-electron chi connectivity index (χ2n) is 5.86. The molecule has 3 nitrogen and oxygen atoms in total. The molecule has 4 heteroatoms. The lowest BCUT2D eigenvalue weighted by molar-refractivity contribution is -0.122. The average Bonchev–Trinajstić information content (AvgIpc) is 2.49. The van der Waals surface area contributed by atoms with Gasteiger partial charge in [0.05, 0.1) is 5.69 Å². The molecular weight excluding hydrogens is 281 g/mol. The van der Waals surface area contributed by atoms with Crippen LogP contribution >= 0.6 is 0 Å². The first-order valence-corrected chi connectivity index (χ1v) is 8.05. The van der Waals surface area contributed by atoms with E-state index in [2.05, 4.69) is 5.32 Å². The summed E-state index contributed by atoms with van der Waals surface area (Å²) in [7, 11) is 0. The quantitative estimate of drug-likeness (QED) is 0.683. The molecule has 1 N–H and O–H groups in total. The van der Waals surface area contributed by atoms with E-state index in [0.717, 1.165) is 19.3 Å². The molecule has 0 atom stereocenters. The molecular formula is C18H26FNO2. The van der Waals surface area contributed by atoms with Crippen molar-refractivity contribution in [2.24, 2.45) is 5.92 Å². The molecule has 0 unspecified atom stereocenters. The molecule has 1 amide bonds. The summed E-state index contributed by atoms with van der Waals surface area (Å²) >= 11 is 0. The van der Waals surface area contributed by atoms with Gasteiger partial charge in [0, 0.05) is 18.8 Å². The van der Waals surface area contributed by atoms with Crippen molar-refractivity contribution in [3.05, 3.63) is 29.6 Å². The molecule has 0 aliphatic carbocycles. The predicted octanol–water partition coefficient (Wildman–Crippen LogP) is 4.50. The van der Waals surface area contributed by atoms with E-state index in [0.29, 0.717) is 24.8 Å². The summed E-state index contributed by atoms with van der Waals surface area (Å²) in [5.41, 5.74) is 0.864. The van der Waals surface area contributed by atoms with Gasteiger partial charge in [0.1, 0.15) is 11.6 Å². The normalized spacial score (nSPS) is 10.8. The van der Waals surface area contributed by atoms with Crippen LogP contribution in [-0.4, -0.2) is 11.7 Å². The third-order valence-electron chi connectivity index (χ3n) is 3.69. The van der Waals surface area contributed by atoms with Crippen LogP contribution in [0.15, 0.2) is 18.2 Å². The molecule has 0 aromatic heterocycles. The Morgan fingerprint density at radius 1 is 1.18 bits per heavy atom. The van der Waals surface area contributed by atoms with E-state index in [4.69, 9.17) is 0 Å². The second kappa shape index (κ2) is 9.34. The first-order valence-electron chi connectivity index (χ1n) is 8.05. The highest BCUT2D eigenvalue weighted by Gasteiger charge is 2.10. The monoisotopic (exact) mass is 307 g/mol. The zero-order chi connectivity index (χ0) is 16.5. The number of anilines is 1. The maximum absolute atomic E-state index is 14.2. The van der Waals surface area contributed by atoms with Crippen molar-refractivity contribution in [2.75, 3.05) is 5.32 Å². The first-order chi connectivity index (χ1) is 10.5. The number of hydrogen-bond acceptors (Lipinski definition) is 2. The Kier molecular flexibility index (Phi) is 7.78. The van der Waals surface area contributed by atoms with Crippen LogP contribution in [0.3, 0.4) is 0 Å². The largest absolute Gasteiger partial charge is 0.324 e. The van der Waals surface area contributed by atoms with E-state index in [9.17, 15) is 14.0 Å². The number of carbonyl (C=O) groups is 2. The SMILES string of the molecule is CCC(=O)Nc1cccc(CCCCCC(=O)C(C)C)c1F. The Morgan fingerprint density at radius 2 is 1.91 bits per heavy atom. The number of benzene rings is 1. The number of nitrogens with one attached hydrogen (secondary N) is 1. The highest BCUT2D eigenvalue weighted by molar-refractivity contribution is 5.90. The van der Waals surface area contributed by atoms with Gasteiger partial charge in [0.15, 0.2) is 0 Å². The maximum atomic E-state index is 14.2. The van der Waals surface area contributed by atoms with Crippen LogP contribution in [0, 0.1) is 11.7 Å². The summed E-state index contributed by atoms with van der Waals surface area (Å²) in [6.07, 6.45) is 4.15. The standard InChI is InChI=1S/C18H26FNO2/c1-4-17(22)20-15-11-8-10-14(18(15)19)9-6-5-7-12-16(21)13(2)3/h8,10-11,13H,4-7,9,12H2,1-3H3,(H,20,22). The van der Waals surface area contributed by atoms with Crippen LogP contribution in [0.2, 0.25) is 0 Å². The fourth-order valence-corrected chi connectivity index (χ4v) is 2.19. The van der Waals surface area contributed by atoms with Crippen LogP contribution in [0.5, 0.6) is 0 Å². The third-order valence-corrected chi connectivity index (χ3v) is 3.69. The van der Waals surface area contributed by atoms with E-state index in [1.165, 1.54) is 0 Å². The Morgan fingerprint density at radius 3 is 2.55 bits per heavy atom. The van der Waals surface area contributed by atoms with Crippen molar-refractivity contribution in [2.45, 2.75) is 59.3 Å². The van der Waals surface area contributed by atoms with Gasteiger partial charge in [-0.3, -0.25) is 9.59 Å². The third kappa shape index (κ3) is 5.96. The molecule has 0 aliphatic heterocycles. The van der Waals surface area contributed by atoms with Gasteiger partial charge in [-0.25, -0.2) is 4.39 Å². The van der Waals surface area contributed by atoms with E-state index >= 15 is 0 Å². The number of aryl methyl sites for hydroxylation is 1. The number of halogens is 1. The number of hydrogen-bond donors (Lipinski definition) is 1. The summed E-state index contributed by atoms with van der Waals surface area (Å²) in [5.74, 6) is -0.155. The van der Waals surface area contributed by atoms with E-state index < -0.39 is 0 Å². The van der Waals surface area contributed by atoms with Crippen molar-refractivity contribution in [3.63, 3.8) is 0 Å². The van der Waals surface area contributed by atoms with E-state index in [1.54, 1.807) is 25.1 Å². The smallest absolute Gasteiger partial charge is 0.224 e. The minimum atomic E-state index is -0.345. The highest BCUT2D eigenvalue weighted by Crippen LogP contribution is 2.20. The van der Waals surface area contributed by atoms with Crippen molar-refractivity contribution >= 4 is 17.4 Å². The fourth-order valence-electron chi connectivity index (χ4n) is 2.19. The Labute approximate surface area is 132 Å². The van der Waals surface area contributed by atoms with Crippen molar-refractivity contribution < 1.29 is 14.0 Å². The van der Waals surface area contributed by atoms with Crippen LogP contribution in [0.25, 0.3) is 0 Å². The molecule has 0 saturated carbocycles. The van der Waals surface area contributed by atoms with Crippen molar-refractivity contribution in [1.82, 2.24) is 0 Å². The minimum absolute atomic E-state index is 0.0938. The van der Waals surface area contributed by atoms with Gasteiger partial charge in [0.2, 0.25) is 5.91 Å². The Bertz CT molecular complexity index is 512. The number of carbonyl (C=O) groups excluding carboxylic acids is 2. The molecule has 0 radical (unpaired) electrons. The van der Waals surface area contributed by atoms with Gasteiger partial charge in [-0.05, 0) is 30.9 Å². The first kappa shape index (κ1) is 18.3. The Hall–Kier alpha value is -1.71. The number of unbranched alkanes of at least 4 members (excludes halogenated alkanes) is 2. The molecule has 22 heavy (non-hydrogen) atoms. The molecule has 122 valence electrons. The Balaban J connectivity index is 2.44. The predicted molar refractivity (Wildman–Crippen MR) is 87.3 cm³/mol. The van der Waals surface area contributed by atoms with Gasteiger partial charge in [-0.15, -0.1) is 0 Å². The van der Waals surface area contributed by atoms with Crippen molar-refractivity contribution in [3.8, 4) is 0 Å². The van der Waals surface area contributed by atoms with E-state index in [-0.39, 0.29) is 29.1 Å². The molecule has 0 bridgehead atoms. The number of ketones is 1. The lowest BCUT2D eigenvalue weighted by atomic mass is 10.0.